The molecule has 1 fully saturated rings. The number of nitrogens with zero attached hydrogens (tertiary/aromatic N) is 1. The number of carbonyl (C=O) groups excluding carboxylic acids is 1. The van der Waals surface area contributed by atoms with Crippen LogP contribution >= 0.6 is 11.6 Å². The third kappa shape index (κ3) is 3.27. The van der Waals surface area contributed by atoms with Crippen LogP contribution in [0.1, 0.15) is 12.8 Å². The zero-order chi connectivity index (χ0) is 9.68. The van der Waals surface area contributed by atoms with Crippen LogP contribution in [0.15, 0.2) is 12.8 Å². The molecule has 4 heteroatoms. The average Bonchev–Trinajstić information content (AvgIpc) is 2.39. The molecule has 0 aromatic rings. The van der Waals surface area contributed by atoms with Crippen LogP contribution in [0, 0.1) is 0 Å². The van der Waals surface area contributed by atoms with Gasteiger partial charge in [-0.1, -0.05) is 6.58 Å². The number of amides is 1. The fourth-order valence-electron chi connectivity index (χ4n) is 1.36. The SMILES string of the molecule is C=COCCCN1CC(Cl)CC1=O. The van der Waals surface area contributed by atoms with Gasteiger partial charge >= 0.3 is 0 Å². The van der Waals surface area contributed by atoms with Crippen LogP contribution in [0.5, 0.6) is 0 Å². The van der Waals surface area contributed by atoms with Gasteiger partial charge in [0, 0.05) is 19.5 Å². The van der Waals surface area contributed by atoms with Crippen molar-refractivity contribution in [3.05, 3.63) is 12.8 Å². The second-order valence-electron chi connectivity index (χ2n) is 3.03. The number of hydrogen-bond donors (Lipinski definition) is 0. The van der Waals surface area contributed by atoms with Crippen molar-refractivity contribution in [2.24, 2.45) is 0 Å². The minimum Gasteiger partial charge on any atom is -0.502 e. The van der Waals surface area contributed by atoms with E-state index in [4.69, 9.17) is 16.3 Å². The standard InChI is InChI=1S/C9H14ClNO2/c1-2-13-5-3-4-11-7-8(10)6-9(11)12/h2,8H,1,3-7H2. The largest absolute Gasteiger partial charge is 0.502 e. The van der Waals surface area contributed by atoms with E-state index >= 15 is 0 Å². The van der Waals surface area contributed by atoms with Gasteiger partial charge in [0.2, 0.25) is 5.91 Å². The molecule has 1 rings (SSSR count). The van der Waals surface area contributed by atoms with Gasteiger partial charge in [-0.2, -0.15) is 0 Å². The zero-order valence-corrected chi connectivity index (χ0v) is 8.29. The molecule has 1 unspecified atom stereocenters. The van der Waals surface area contributed by atoms with E-state index in [0.29, 0.717) is 19.6 Å². The summed E-state index contributed by atoms with van der Waals surface area (Å²) in [5.74, 6) is 0.151. The summed E-state index contributed by atoms with van der Waals surface area (Å²) in [4.78, 5) is 13.0. The van der Waals surface area contributed by atoms with E-state index in [0.717, 1.165) is 13.0 Å². The molecule has 0 aromatic heterocycles. The molecule has 1 amide bonds. The lowest BCUT2D eigenvalue weighted by Crippen LogP contribution is -2.27. The molecule has 0 aromatic carbocycles. The quantitative estimate of drug-likeness (QED) is 0.384. The lowest BCUT2D eigenvalue weighted by Gasteiger charge is -2.14. The van der Waals surface area contributed by atoms with Gasteiger partial charge in [0.15, 0.2) is 0 Å². The van der Waals surface area contributed by atoms with E-state index in [1.165, 1.54) is 6.26 Å². The van der Waals surface area contributed by atoms with Crippen LogP contribution in [0.4, 0.5) is 0 Å². The number of ether oxygens (including phenoxy) is 1. The van der Waals surface area contributed by atoms with Crippen LogP contribution in [-0.4, -0.2) is 35.9 Å². The highest BCUT2D eigenvalue weighted by molar-refractivity contribution is 6.22. The predicted octanol–water partition coefficient (Wildman–Crippen LogP) is 1.38. The molecule has 3 nitrogen and oxygen atoms in total. The summed E-state index contributed by atoms with van der Waals surface area (Å²) in [5, 5.41) is -0.00665. The maximum atomic E-state index is 11.2. The minimum atomic E-state index is -0.00665. The van der Waals surface area contributed by atoms with E-state index in [1.807, 2.05) is 0 Å². The molecule has 1 atom stereocenters. The van der Waals surface area contributed by atoms with E-state index < -0.39 is 0 Å². The van der Waals surface area contributed by atoms with Crippen molar-refractivity contribution >= 4 is 17.5 Å². The van der Waals surface area contributed by atoms with Gasteiger partial charge in [-0.05, 0) is 6.42 Å². The van der Waals surface area contributed by atoms with Crippen molar-refractivity contribution < 1.29 is 9.53 Å². The summed E-state index contributed by atoms with van der Waals surface area (Å²) in [7, 11) is 0. The molecule has 0 aliphatic carbocycles. The molecule has 1 heterocycles. The smallest absolute Gasteiger partial charge is 0.224 e. The highest BCUT2D eigenvalue weighted by Gasteiger charge is 2.27. The number of halogens is 1. The maximum absolute atomic E-state index is 11.2. The van der Waals surface area contributed by atoms with Gasteiger partial charge in [-0.15, -0.1) is 11.6 Å². The fourth-order valence-corrected chi connectivity index (χ4v) is 1.66. The Kier molecular flexibility index (Phi) is 4.09. The van der Waals surface area contributed by atoms with E-state index in [1.54, 1.807) is 4.90 Å². The first kappa shape index (κ1) is 10.4. The number of alkyl halides is 1. The highest BCUT2D eigenvalue weighted by atomic mass is 35.5. The highest BCUT2D eigenvalue weighted by Crippen LogP contribution is 2.16. The van der Waals surface area contributed by atoms with Gasteiger partial charge in [0.1, 0.15) is 0 Å². The Bertz CT molecular complexity index is 196. The van der Waals surface area contributed by atoms with Crippen molar-refractivity contribution in [3.63, 3.8) is 0 Å². The van der Waals surface area contributed by atoms with E-state index in [-0.39, 0.29) is 11.3 Å². The summed E-state index contributed by atoms with van der Waals surface area (Å²) in [6.45, 7) is 5.45. The Morgan fingerprint density at radius 1 is 1.77 bits per heavy atom. The van der Waals surface area contributed by atoms with Crippen LogP contribution in [0.3, 0.4) is 0 Å². The Balaban J connectivity index is 2.14. The number of carbonyl (C=O) groups is 1. The number of rotatable bonds is 5. The molecule has 0 saturated carbocycles. The molecule has 0 radical (unpaired) electrons. The van der Waals surface area contributed by atoms with Gasteiger partial charge in [0.05, 0.1) is 18.2 Å². The Hall–Kier alpha value is -0.700. The fraction of sp³-hybridized carbons (Fsp3) is 0.667. The molecular weight excluding hydrogens is 190 g/mol. The second-order valence-corrected chi connectivity index (χ2v) is 3.65. The summed E-state index contributed by atoms with van der Waals surface area (Å²) in [6.07, 6.45) is 2.72. The summed E-state index contributed by atoms with van der Waals surface area (Å²) in [6, 6.07) is 0. The Morgan fingerprint density at radius 3 is 3.08 bits per heavy atom. The van der Waals surface area contributed by atoms with Gasteiger partial charge < -0.3 is 9.64 Å². The first-order chi connectivity index (χ1) is 6.24. The van der Waals surface area contributed by atoms with E-state index in [9.17, 15) is 4.79 Å². The Labute approximate surface area is 83.3 Å². The first-order valence-corrected chi connectivity index (χ1v) is 4.82. The molecule has 74 valence electrons. The molecule has 0 spiro atoms. The molecule has 13 heavy (non-hydrogen) atoms. The normalized spacial score (nSPS) is 22.1. The number of hydrogen-bond acceptors (Lipinski definition) is 2. The topological polar surface area (TPSA) is 29.5 Å². The maximum Gasteiger partial charge on any atom is 0.224 e. The molecular formula is C9H14ClNO2. The van der Waals surface area contributed by atoms with Gasteiger partial charge in [0.25, 0.3) is 0 Å². The monoisotopic (exact) mass is 203 g/mol. The lowest BCUT2D eigenvalue weighted by atomic mass is 10.4. The van der Waals surface area contributed by atoms with Gasteiger partial charge in [-0.25, -0.2) is 0 Å². The summed E-state index contributed by atoms with van der Waals surface area (Å²) < 4.78 is 4.95. The molecule has 1 saturated heterocycles. The van der Waals surface area contributed by atoms with Crippen LogP contribution in [0.25, 0.3) is 0 Å². The first-order valence-electron chi connectivity index (χ1n) is 4.38. The molecule has 1 aliphatic rings. The summed E-state index contributed by atoms with van der Waals surface area (Å²) >= 11 is 5.83. The zero-order valence-electron chi connectivity index (χ0n) is 7.54. The van der Waals surface area contributed by atoms with Crippen molar-refractivity contribution in [2.75, 3.05) is 19.7 Å². The van der Waals surface area contributed by atoms with Crippen LogP contribution in [0.2, 0.25) is 0 Å². The lowest BCUT2D eigenvalue weighted by molar-refractivity contribution is -0.127. The number of likely N-dealkylation sites (tertiary alicyclic amines) is 1. The van der Waals surface area contributed by atoms with Crippen LogP contribution in [-0.2, 0) is 9.53 Å². The third-order valence-corrected chi connectivity index (χ3v) is 2.27. The van der Waals surface area contributed by atoms with Crippen molar-refractivity contribution in [1.29, 1.82) is 0 Å². The van der Waals surface area contributed by atoms with Crippen molar-refractivity contribution in [1.82, 2.24) is 4.90 Å². The van der Waals surface area contributed by atoms with Gasteiger partial charge in [-0.3, -0.25) is 4.79 Å². The summed E-state index contributed by atoms with van der Waals surface area (Å²) in [5.41, 5.74) is 0. The Morgan fingerprint density at radius 2 is 2.54 bits per heavy atom. The van der Waals surface area contributed by atoms with E-state index in [2.05, 4.69) is 6.58 Å². The molecule has 0 N–H and O–H groups in total. The molecule has 1 aliphatic heterocycles. The van der Waals surface area contributed by atoms with Crippen molar-refractivity contribution in [3.8, 4) is 0 Å². The third-order valence-electron chi connectivity index (χ3n) is 1.98. The minimum absolute atomic E-state index is 0.00665. The van der Waals surface area contributed by atoms with Crippen LogP contribution < -0.4 is 0 Å². The second kappa shape index (κ2) is 5.12. The average molecular weight is 204 g/mol. The predicted molar refractivity (Wildman–Crippen MR) is 51.6 cm³/mol. The molecule has 0 bridgehead atoms. The van der Waals surface area contributed by atoms with Crippen molar-refractivity contribution in [2.45, 2.75) is 18.2 Å².